The van der Waals surface area contributed by atoms with Gasteiger partial charge < -0.3 is 5.11 Å². The third kappa shape index (κ3) is 0.899. The molecule has 5 nitrogen and oxygen atoms in total. The maximum atomic E-state index is 11.7. The van der Waals surface area contributed by atoms with E-state index >= 15 is 0 Å². The molecule has 0 aromatic heterocycles. The van der Waals surface area contributed by atoms with Gasteiger partial charge >= 0.3 is 5.97 Å². The van der Waals surface area contributed by atoms with E-state index in [4.69, 9.17) is 5.11 Å². The first-order valence-corrected chi connectivity index (χ1v) is 5.68. The average molecular weight is 205 g/mol. The largest absolute Gasteiger partial charge is 0.480 e. The Bertz CT molecular complexity index is 346. The summed E-state index contributed by atoms with van der Waals surface area (Å²) in [5, 5.41) is 8.95. The van der Waals surface area contributed by atoms with E-state index in [9.17, 15) is 13.2 Å². The molecular weight excluding hydrogens is 194 g/mol. The van der Waals surface area contributed by atoms with Crippen LogP contribution in [0.2, 0.25) is 0 Å². The second kappa shape index (κ2) is 2.45. The lowest BCUT2D eigenvalue weighted by Gasteiger charge is -2.29. The molecule has 0 radical (unpaired) electrons. The Labute approximate surface area is 76.4 Å². The average Bonchev–Trinajstić information content (AvgIpc) is 2.23. The summed E-state index contributed by atoms with van der Waals surface area (Å²) in [6.07, 6.45) is 1.16. The highest BCUT2D eigenvalue weighted by molar-refractivity contribution is 7.91. The summed E-state index contributed by atoms with van der Waals surface area (Å²) >= 11 is 0. The number of hydrogen-bond acceptors (Lipinski definition) is 3. The first-order valence-electron chi connectivity index (χ1n) is 4.24. The Hall–Kier alpha value is -0.620. The molecule has 0 saturated carbocycles. The van der Waals surface area contributed by atoms with Crippen molar-refractivity contribution in [2.75, 3.05) is 13.1 Å². The lowest BCUT2D eigenvalue weighted by molar-refractivity contribution is -0.140. The van der Waals surface area contributed by atoms with E-state index in [1.807, 2.05) is 0 Å². The second-order valence-corrected chi connectivity index (χ2v) is 5.81. The molecule has 13 heavy (non-hydrogen) atoms. The number of nitrogens with zero attached hydrogens (tertiary/aromatic N) is 1. The van der Waals surface area contributed by atoms with E-state index in [0.717, 1.165) is 0 Å². The second-order valence-electron chi connectivity index (χ2n) is 3.56. The van der Waals surface area contributed by atoms with Gasteiger partial charge in [0, 0.05) is 13.1 Å². The van der Waals surface area contributed by atoms with E-state index in [1.165, 1.54) is 4.31 Å². The van der Waals surface area contributed by atoms with Gasteiger partial charge in [-0.15, -0.1) is 0 Å². The number of aliphatic carboxylic acids is 1. The van der Waals surface area contributed by atoms with Crippen LogP contribution in [0, 0.1) is 0 Å². The van der Waals surface area contributed by atoms with Crippen molar-refractivity contribution in [1.29, 1.82) is 0 Å². The SMILES string of the molecule is O=C(O)C12CCCN(CC1)S2(=O)=O. The third-order valence-electron chi connectivity index (χ3n) is 2.98. The van der Waals surface area contributed by atoms with Crippen molar-refractivity contribution >= 4 is 16.0 Å². The van der Waals surface area contributed by atoms with E-state index < -0.39 is 20.7 Å². The van der Waals surface area contributed by atoms with Crippen LogP contribution in [-0.2, 0) is 14.8 Å². The molecular formula is C7H11NO4S. The van der Waals surface area contributed by atoms with Crippen molar-refractivity contribution in [3.8, 4) is 0 Å². The Morgan fingerprint density at radius 3 is 2.54 bits per heavy atom. The van der Waals surface area contributed by atoms with Crippen LogP contribution < -0.4 is 0 Å². The standard InChI is InChI=1S/C7H11NO4S/c9-6(10)7-2-1-4-8(5-3-7)13(7,11)12/h1-5H2,(H,9,10). The maximum absolute atomic E-state index is 11.7. The highest BCUT2D eigenvalue weighted by atomic mass is 32.2. The molecule has 2 atom stereocenters. The van der Waals surface area contributed by atoms with Crippen LogP contribution in [0.3, 0.4) is 0 Å². The summed E-state index contributed by atoms with van der Waals surface area (Å²) in [6.45, 7) is 0.853. The van der Waals surface area contributed by atoms with E-state index in [-0.39, 0.29) is 12.8 Å². The van der Waals surface area contributed by atoms with Crippen LogP contribution in [0.4, 0.5) is 0 Å². The van der Waals surface area contributed by atoms with E-state index in [1.54, 1.807) is 0 Å². The molecule has 0 aromatic rings. The first kappa shape index (κ1) is 8.96. The summed E-state index contributed by atoms with van der Waals surface area (Å²) in [4.78, 5) is 10.9. The summed E-state index contributed by atoms with van der Waals surface area (Å²) in [5.74, 6) is -1.19. The summed E-state index contributed by atoms with van der Waals surface area (Å²) in [6, 6.07) is 0. The molecule has 0 spiro atoms. The highest BCUT2D eigenvalue weighted by Gasteiger charge is 2.59. The minimum absolute atomic E-state index is 0.241. The third-order valence-corrected chi connectivity index (χ3v) is 5.59. The van der Waals surface area contributed by atoms with Gasteiger partial charge in [-0.3, -0.25) is 4.79 Å². The molecule has 2 rings (SSSR count). The van der Waals surface area contributed by atoms with Crippen molar-refractivity contribution in [1.82, 2.24) is 4.31 Å². The zero-order valence-corrected chi connectivity index (χ0v) is 7.88. The fourth-order valence-electron chi connectivity index (χ4n) is 2.15. The zero-order valence-electron chi connectivity index (χ0n) is 7.06. The van der Waals surface area contributed by atoms with Crippen molar-refractivity contribution in [3.05, 3.63) is 0 Å². The van der Waals surface area contributed by atoms with Gasteiger partial charge in [0.25, 0.3) is 0 Å². The van der Waals surface area contributed by atoms with E-state index in [2.05, 4.69) is 0 Å². The van der Waals surface area contributed by atoms with Gasteiger partial charge in [-0.05, 0) is 19.3 Å². The smallest absolute Gasteiger partial charge is 0.326 e. The monoisotopic (exact) mass is 205 g/mol. The van der Waals surface area contributed by atoms with Crippen molar-refractivity contribution in [2.24, 2.45) is 0 Å². The van der Waals surface area contributed by atoms with Gasteiger partial charge in [0.15, 0.2) is 4.75 Å². The van der Waals surface area contributed by atoms with Crippen molar-refractivity contribution in [3.63, 3.8) is 0 Å². The van der Waals surface area contributed by atoms with Crippen LogP contribution in [0.25, 0.3) is 0 Å². The Kier molecular flexibility index (Phi) is 1.69. The molecule has 0 aliphatic carbocycles. The predicted molar refractivity (Wildman–Crippen MR) is 44.7 cm³/mol. The highest BCUT2D eigenvalue weighted by Crippen LogP contribution is 2.41. The molecule has 6 heteroatoms. The van der Waals surface area contributed by atoms with E-state index in [0.29, 0.717) is 19.5 Å². The van der Waals surface area contributed by atoms with Gasteiger partial charge in [0.2, 0.25) is 10.0 Å². The fourth-order valence-corrected chi connectivity index (χ4v) is 4.32. The number of carbonyl (C=O) groups is 1. The van der Waals surface area contributed by atoms with Gasteiger partial charge in [-0.1, -0.05) is 0 Å². The van der Waals surface area contributed by atoms with Gasteiger partial charge in [-0.25, -0.2) is 12.7 Å². The van der Waals surface area contributed by atoms with Gasteiger partial charge in [0.05, 0.1) is 0 Å². The fraction of sp³-hybridized carbons (Fsp3) is 0.857. The lowest BCUT2D eigenvalue weighted by Crippen LogP contribution is -2.49. The molecule has 0 amide bonds. The molecule has 2 saturated heterocycles. The summed E-state index contributed by atoms with van der Waals surface area (Å²) in [5.41, 5.74) is 0. The van der Waals surface area contributed by atoms with Crippen LogP contribution in [0.1, 0.15) is 19.3 Å². The lowest BCUT2D eigenvalue weighted by atomic mass is 10.00. The number of fused-ring (bicyclic) bond motifs is 2. The van der Waals surface area contributed by atoms with Crippen LogP contribution >= 0.6 is 0 Å². The minimum Gasteiger partial charge on any atom is -0.480 e. The number of hydrogen-bond donors (Lipinski definition) is 1. The predicted octanol–water partition coefficient (Wildman–Crippen LogP) is -0.361. The number of sulfonamides is 1. The topological polar surface area (TPSA) is 74.7 Å². The van der Waals surface area contributed by atoms with Crippen molar-refractivity contribution < 1.29 is 18.3 Å². The summed E-state index contributed by atoms with van der Waals surface area (Å²) in [7, 11) is -3.56. The first-order chi connectivity index (χ1) is 6.01. The molecule has 2 unspecified atom stereocenters. The molecule has 2 aliphatic heterocycles. The number of rotatable bonds is 1. The Balaban J connectivity index is 2.54. The number of carboxylic acids is 1. The Morgan fingerprint density at radius 1 is 1.31 bits per heavy atom. The molecule has 2 fully saturated rings. The van der Waals surface area contributed by atoms with Crippen molar-refractivity contribution in [2.45, 2.75) is 24.0 Å². The molecule has 2 heterocycles. The number of carboxylic acid groups (broad SMARTS) is 1. The molecule has 2 aliphatic rings. The molecule has 0 aromatic carbocycles. The summed E-state index contributed by atoms with van der Waals surface area (Å²) < 4.78 is 23.2. The van der Waals surface area contributed by atoms with Crippen LogP contribution in [-0.4, -0.2) is 41.6 Å². The molecule has 2 bridgehead atoms. The molecule has 1 N–H and O–H groups in total. The maximum Gasteiger partial charge on any atom is 0.326 e. The van der Waals surface area contributed by atoms with Crippen LogP contribution in [0.5, 0.6) is 0 Å². The quantitative estimate of drug-likeness (QED) is 0.634. The minimum atomic E-state index is -3.56. The Morgan fingerprint density at radius 2 is 2.00 bits per heavy atom. The van der Waals surface area contributed by atoms with Crippen LogP contribution in [0.15, 0.2) is 0 Å². The van der Waals surface area contributed by atoms with Gasteiger partial charge in [0.1, 0.15) is 0 Å². The zero-order chi connectivity index (χ0) is 9.69. The normalized spacial score (nSPS) is 41.7. The van der Waals surface area contributed by atoms with Gasteiger partial charge in [-0.2, -0.15) is 0 Å². The molecule has 74 valence electrons.